The first kappa shape index (κ1) is 11.4. The summed E-state index contributed by atoms with van der Waals surface area (Å²) in [6, 6.07) is 4.83. The van der Waals surface area contributed by atoms with Gasteiger partial charge in [0.15, 0.2) is 11.6 Å². The van der Waals surface area contributed by atoms with Crippen LogP contribution < -0.4 is 10.5 Å². The van der Waals surface area contributed by atoms with Crippen molar-refractivity contribution in [1.82, 2.24) is 0 Å². The molecule has 0 aromatic heterocycles. The molecule has 2 N–H and O–H groups in total. The highest BCUT2D eigenvalue weighted by Crippen LogP contribution is 2.25. The number of halogens is 1. The van der Waals surface area contributed by atoms with Crippen molar-refractivity contribution in [2.24, 2.45) is 5.73 Å². The third kappa shape index (κ3) is 2.51. The first-order valence-electron chi connectivity index (χ1n) is 5.53. The fourth-order valence-corrected chi connectivity index (χ4v) is 1.81. The van der Waals surface area contributed by atoms with Gasteiger partial charge in [0.2, 0.25) is 0 Å². The lowest BCUT2D eigenvalue weighted by Gasteiger charge is -2.24. The first-order valence-corrected chi connectivity index (χ1v) is 5.53. The van der Waals surface area contributed by atoms with Crippen LogP contribution in [-0.2, 0) is 11.3 Å². The van der Waals surface area contributed by atoms with Crippen molar-refractivity contribution in [2.45, 2.75) is 25.5 Å². The van der Waals surface area contributed by atoms with Crippen molar-refractivity contribution < 1.29 is 13.9 Å². The number of ether oxygens (including phenoxy) is 2. The predicted molar refractivity (Wildman–Crippen MR) is 58.8 cm³/mol. The molecule has 0 radical (unpaired) electrons. The van der Waals surface area contributed by atoms with Gasteiger partial charge in [0.1, 0.15) is 6.10 Å². The maximum Gasteiger partial charge on any atom is 0.165 e. The monoisotopic (exact) mass is 225 g/mol. The summed E-state index contributed by atoms with van der Waals surface area (Å²) in [5.74, 6) is -0.0358. The van der Waals surface area contributed by atoms with Gasteiger partial charge in [-0.3, -0.25) is 0 Å². The van der Waals surface area contributed by atoms with Crippen LogP contribution in [0.15, 0.2) is 18.2 Å². The molecule has 0 atom stereocenters. The summed E-state index contributed by atoms with van der Waals surface area (Å²) in [5, 5.41) is 0. The van der Waals surface area contributed by atoms with Gasteiger partial charge in [0, 0.05) is 24.9 Å². The average molecular weight is 225 g/mol. The third-order valence-corrected chi connectivity index (χ3v) is 2.72. The zero-order valence-corrected chi connectivity index (χ0v) is 9.12. The number of rotatable bonds is 3. The van der Waals surface area contributed by atoms with Crippen LogP contribution in [0.5, 0.6) is 5.75 Å². The van der Waals surface area contributed by atoms with Crippen LogP contribution in [0, 0.1) is 5.82 Å². The van der Waals surface area contributed by atoms with Crippen LogP contribution in [0.4, 0.5) is 4.39 Å². The Morgan fingerprint density at radius 3 is 2.81 bits per heavy atom. The quantitative estimate of drug-likeness (QED) is 0.853. The molecule has 1 aromatic rings. The molecular weight excluding hydrogens is 209 g/mol. The predicted octanol–water partition coefficient (Wildman–Crippen LogP) is 1.84. The second kappa shape index (κ2) is 5.27. The standard InChI is InChI=1S/C12H16FNO2/c13-11-3-1-2-9(8-14)12(11)16-10-4-6-15-7-5-10/h1-3,10H,4-8,14H2. The molecule has 3 nitrogen and oxygen atoms in total. The van der Waals surface area contributed by atoms with Crippen LogP contribution in [0.2, 0.25) is 0 Å². The van der Waals surface area contributed by atoms with E-state index in [1.165, 1.54) is 6.07 Å². The Kier molecular flexibility index (Phi) is 3.74. The Hall–Kier alpha value is -1.13. The summed E-state index contributed by atoms with van der Waals surface area (Å²) < 4.78 is 24.5. The van der Waals surface area contributed by atoms with Crippen LogP contribution >= 0.6 is 0 Å². The largest absolute Gasteiger partial charge is 0.487 e. The Morgan fingerprint density at radius 1 is 1.38 bits per heavy atom. The molecule has 0 saturated carbocycles. The van der Waals surface area contributed by atoms with Crippen molar-refractivity contribution in [1.29, 1.82) is 0 Å². The van der Waals surface area contributed by atoms with E-state index in [1.807, 2.05) is 0 Å². The molecule has 0 spiro atoms. The number of para-hydroxylation sites is 1. The van der Waals surface area contributed by atoms with Crippen LogP contribution in [0.25, 0.3) is 0 Å². The fourth-order valence-electron chi connectivity index (χ4n) is 1.81. The molecule has 0 aliphatic carbocycles. The molecule has 0 amide bonds. The molecule has 1 aromatic carbocycles. The van der Waals surface area contributed by atoms with Crippen molar-refractivity contribution in [3.05, 3.63) is 29.6 Å². The minimum atomic E-state index is -0.338. The van der Waals surface area contributed by atoms with Gasteiger partial charge in [-0.15, -0.1) is 0 Å². The SMILES string of the molecule is NCc1cccc(F)c1OC1CCOCC1. The molecule has 0 unspecified atom stereocenters. The molecule has 1 aliphatic heterocycles. The van der Waals surface area contributed by atoms with Gasteiger partial charge in [0.25, 0.3) is 0 Å². The topological polar surface area (TPSA) is 44.5 Å². The van der Waals surface area contributed by atoms with Crippen molar-refractivity contribution in [3.8, 4) is 5.75 Å². The average Bonchev–Trinajstić information content (AvgIpc) is 2.33. The van der Waals surface area contributed by atoms with E-state index in [0.29, 0.717) is 24.5 Å². The maximum absolute atomic E-state index is 13.6. The van der Waals surface area contributed by atoms with Crippen molar-refractivity contribution in [2.75, 3.05) is 13.2 Å². The number of hydrogen-bond acceptors (Lipinski definition) is 3. The summed E-state index contributed by atoms with van der Waals surface area (Å²) in [6.45, 7) is 1.64. The van der Waals surface area contributed by atoms with E-state index in [4.69, 9.17) is 15.2 Å². The van der Waals surface area contributed by atoms with E-state index in [-0.39, 0.29) is 18.5 Å². The smallest absolute Gasteiger partial charge is 0.165 e. The van der Waals surface area contributed by atoms with Gasteiger partial charge in [-0.2, -0.15) is 0 Å². The number of hydrogen-bond donors (Lipinski definition) is 1. The van der Waals surface area contributed by atoms with Gasteiger partial charge in [-0.1, -0.05) is 12.1 Å². The molecule has 1 saturated heterocycles. The normalized spacial score (nSPS) is 17.4. The van der Waals surface area contributed by atoms with E-state index >= 15 is 0 Å². The summed E-state index contributed by atoms with van der Waals surface area (Å²) in [4.78, 5) is 0. The molecule has 0 bridgehead atoms. The molecule has 4 heteroatoms. The van der Waals surface area contributed by atoms with Crippen molar-refractivity contribution in [3.63, 3.8) is 0 Å². The molecule has 1 heterocycles. The van der Waals surface area contributed by atoms with Crippen LogP contribution in [0.3, 0.4) is 0 Å². The van der Waals surface area contributed by atoms with E-state index in [0.717, 1.165) is 12.8 Å². The summed E-state index contributed by atoms with van der Waals surface area (Å²) >= 11 is 0. The minimum Gasteiger partial charge on any atom is -0.487 e. The maximum atomic E-state index is 13.6. The van der Waals surface area contributed by atoms with Gasteiger partial charge in [-0.25, -0.2) is 4.39 Å². The van der Waals surface area contributed by atoms with E-state index < -0.39 is 0 Å². The van der Waals surface area contributed by atoms with Gasteiger partial charge < -0.3 is 15.2 Å². The van der Waals surface area contributed by atoms with Crippen LogP contribution in [0.1, 0.15) is 18.4 Å². The Morgan fingerprint density at radius 2 is 2.12 bits per heavy atom. The highest BCUT2D eigenvalue weighted by molar-refractivity contribution is 5.35. The second-order valence-electron chi connectivity index (χ2n) is 3.86. The lowest BCUT2D eigenvalue weighted by atomic mass is 10.1. The van der Waals surface area contributed by atoms with Gasteiger partial charge in [-0.05, 0) is 6.07 Å². The van der Waals surface area contributed by atoms with E-state index in [1.54, 1.807) is 12.1 Å². The summed E-state index contributed by atoms with van der Waals surface area (Å²) in [6.07, 6.45) is 1.65. The number of nitrogens with two attached hydrogens (primary N) is 1. The summed E-state index contributed by atoms with van der Waals surface area (Å²) in [7, 11) is 0. The highest BCUT2D eigenvalue weighted by atomic mass is 19.1. The molecule has 2 rings (SSSR count). The molecule has 16 heavy (non-hydrogen) atoms. The Balaban J connectivity index is 2.12. The highest BCUT2D eigenvalue weighted by Gasteiger charge is 2.18. The second-order valence-corrected chi connectivity index (χ2v) is 3.86. The lowest BCUT2D eigenvalue weighted by Crippen LogP contribution is -2.26. The third-order valence-electron chi connectivity index (χ3n) is 2.72. The molecule has 1 aliphatic rings. The summed E-state index contributed by atoms with van der Waals surface area (Å²) in [5.41, 5.74) is 6.27. The molecule has 88 valence electrons. The molecule has 1 fully saturated rings. The van der Waals surface area contributed by atoms with E-state index in [9.17, 15) is 4.39 Å². The fraction of sp³-hybridized carbons (Fsp3) is 0.500. The molecular formula is C12H16FNO2. The van der Waals surface area contributed by atoms with E-state index in [2.05, 4.69) is 0 Å². The zero-order chi connectivity index (χ0) is 11.4. The first-order chi connectivity index (χ1) is 7.81. The lowest BCUT2D eigenvalue weighted by molar-refractivity contribution is 0.0236. The Labute approximate surface area is 94.3 Å². The van der Waals surface area contributed by atoms with Crippen LogP contribution in [-0.4, -0.2) is 19.3 Å². The number of benzene rings is 1. The van der Waals surface area contributed by atoms with Gasteiger partial charge >= 0.3 is 0 Å². The zero-order valence-electron chi connectivity index (χ0n) is 9.12. The Bertz CT molecular complexity index is 351. The van der Waals surface area contributed by atoms with Crippen molar-refractivity contribution >= 4 is 0 Å². The van der Waals surface area contributed by atoms with Gasteiger partial charge in [0.05, 0.1) is 13.2 Å². The minimum absolute atomic E-state index is 0.0379.